The predicted molar refractivity (Wildman–Crippen MR) is 56.8 cm³/mol. The van der Waals surface area contributed by atoms with Gasteiger partial charge in [0.05, 0.1) is 5.69 Å². The van der Waals surface area contributed by atoms with Gasteiger partial charge >= 0.3 is 0 Å². The second-order valence-corrected chi connectivity index (χ2v) is 4.48. The molecule has 1 fully saturated rings. The molecular formula is C11H15N3O. The van der Waals surface area contributed by atoms with Crippen molar-refractivity contribution in [2.24, 2.45) is 0 Å². The van der Waals surface area contributed by atoms with Gasteiger partial charge in [-0.1, -0.05) is 0 Å². The summed E-state index contributed by atoms with van der Waals surface area (Å²) in [7, 11) is 1.85. The van der Waals surface area contributed by atoms with Gasteiger partial charge in [-0.2, -0.15) is 5.10 Å². The Bertz CT molecular complexity index is 406. The Morgan fingerprint density at radius 3 is 3.00 bits per heavy atom. The lowest BCUT2D eigenvalue weighted by Gasteiger charge is -2.13. The monoisotopic (exact) mass is 205 g/mol. The van der Waals surface area contributed by atoms with E-state index in [0.29, 0.717) is 12.3 Å². The molecule has 3 rings (SSSR count). The third-order valence-electron chi connectivity index (χ3n) is 3.25. The van der Waals surface area contributed by atoms with Crippen LogP contribution in [0.3, 0.4) is 0 Å². The summed E-state index contributed by atoms with van der Waals surface area (Å²) < 4.78 is 1.98. The van der Waals surface area contributed by atoms with Crippen LogP contribution in [0.2, 0.25) is 0 Å². The summed E-state index contributed by atoms with van der Waals surface area (Å²) in [4.78, 5) is 13.4. The van der Waals surface area contributed by atoms with E-state index >= 15 is 0 Å². The molecule has 1 aliphatic heterocycles. The molecule has 0 saturated heterocycles. The quantitative estimate of drug-likeness (QED) is 0.697. The Balaban J connectivity index is 2.00. The fraction of sp³-hybridized carbons (Fsp3) is 0.636. The molecule has 0 bridgehead atoms. The van der Waals surface area contributed by atoms with Crippen LogP contribution < -0.4 is 4.90 Å². The number of nitrogens with zero attached hydrogens (tertiary/aromatic N) is 3. The van der Waals surface area contributed by atoms with Crippen LogP contribution in [0.25, 0.3) is 0 Å². The molecule has 80 valence electrons. The molecule has 1 aromatic rings. The number of fused-ring (bicyclic) bond motifs is 1. The minimum Gasteiger partial charge on any atom is -0.300 e. The van der Waals surface area contributed by atoms with Gasteiger partial charge in [0.2, 0.25) is 5.91 Å². The Morgan fingerprint density at radius 2 is 2.27 bits per heavy atom. The first-order valence-electron chi connectivity index (χ1n) is 5.60. The van der Waals surface area contributed by atoms with Gasteiger partial charge in [-0.3, -0.25) is 4.79 Å². The van der Waals surface area contributed by atoms with E-state index in [1.807, 2.05) is 11.7 Å². The van der Waals surface area contributed by atoms with Crippen molar-refractivity contribution in [3.63, 3.8) is 0 Å². The fourth-order valence-corrected chi connectivity index (χ4v) is 2.11. The van der Waals surface area contributed by atoms with Gasteiger partial charge in [0.15, 0.2) is 0 Å². The van der Waals surface area contributed by atoms with Gasteiger partial charge in [0.25, 0.3) is 0 Å². The molecule has 0 spiro atoms. The lowest BCUT2D eigenvalue weighted by molar-refractivity contribution is -0.118. The highest BCUT2D eigenvalue weighted by molar-refractivity contribution is 5.92. The zero-order chi connectivity index (χ0) is 10.4. The van der Waals surface area contributed by atoms with E-state index in [9.17, 15) is 4.79 Å². The molecule has 2 heterocycles. The van der Waals surface area contributed by atoms with E-state index in [1.165, 1.54) is 18.5 Å². The zero-order valence-electron chi connectivity index (χ0n) is 8.94. The zero-order valence-corrected chi connectivity index (χ0v) is 8.94. The first-order chi connectivity index (χ1) is 7.25. The van der Waals surface area contributed by atoms with Gasteiger partial charge in [-0.15, -0.1) is 0 Å². The number of rotatable bonds is 1. The molecule has 1 saturated carbocycles. The lowest BCUT2D eigenvalue weighted by atomic mass is 10.3. The van der Waals surface area contributed by atoms with Crippen molar-refractivity contribution in [3.05, 3.63) is 11.8 Å². The Hall–Kier alpha value is -1.32. The van der Waals surface area contributed by atoms with Gasteiger partial charge in [-0.25, -0.2) is 4.68 Å². The molecule has 1 amide bonds. The first kappa shape index (κ1) is 8.95. The molecule has 0 aromatic carbocycles. The highest BCUT2D eigenvalue weighted by atomic mass is 16.2. The molecule has 0 atom stereocenters. The van der Waals surface area contributed by atoms with Gasteiger partial charge in [0, 0.05) is 32.0 Å². The van der Waals surface area contributed by atoms with E-state index < -0.39 is 0 Å². The molecule has 4 heteroatoms. The summed E-state index contributed by atoms with van der Waals surface area (Å²) in [6, 6.07) is 2.08. The summed E-state index contributed by atoms with van der Waals surface area (Å²) >= 11 is 0. The van der Waals surface area contributed by atoms with Gasteiger partial charge < -0.3 is 4.90 Å². The van der Waals surface area contributed by atoms with E-state index in [0.717, 1.165) is 18.8 Å². The van der Waals surface area contributed by atoms with E-state index in [-0.39, 0.29) is 5.91 Å². The highest BCUT2D eigenvalue weighted by Gasteiger charge is 2.29. The van der Waals surface area contributed by atoms with Crippen LogP contribution in [0.5, 0.6) is 0 Å². The lowest BCUT2D eigenvalue weighted by Crippen LogP contribution is -2.25. The van der Waals surface area contributed by atoms with Crippen molar-refractivity contribution in [2.75, 3.05) is 11.9 Å². The third-order valence-corrected chi connectivity index (χ3v) is 3.25. The van der Waals surface area contributed by atoms with Crippen LogP contribution in [0.1, 0.15) is 37.3 Å². The van der Waals surface area contributed by atoms with E-state index in [2.05, 4.69) is 11.2 Å². The highest BCUT2D eigenvalue weighted by Crippen LogP contribution is 2.40. The number of aromatic nitrogens is 2. The normalized spacial score (nSPS) is 21.4. The summed E-state index contributed by atoms with van der Waals surface area (Å²) in [5.41, 5.74) is 1.17. The van der Waals surface area contributed by atoms with Crippen LogP contribution in [-0.2, 0) is 11.3 Å². The summed E-state index contributed by atoms with van der Waals surface area (Å²) in [5, 5.41) is 4.58. The standard InChI is InChI=1S/C11H15N3O/c1-13-10-7-9(8-4-5-8)12-14(10)6-2-3-11(13)15/h7-8H,2-6H2,1H3. The second kappa shape index (κ2) is 3.08. The molecule has 15 heavy (non-hydrogen) atoms. The van der Waals surface area contributed by atoms with E-state index in [4.69, 9.17) is 0 Å². The molecule has 4 nitrogen and oxygen atoms in total. The number of hydrogen-bond donors (Lipinski definition) is 0. The topological polar surface area (TPSA) is 38.1 Å². The minimum absolute atomic E-state index is 0.205. The SMILES string of the molecule is CN1C(=O)CCCn2nc(C3CC3)cc21. The summed E-state index contributed by atoms with van der Waals surface area (Å²) in [6.45, 7) is 0.873. The predicted octanol–water partition coefficient (Wildman–Crippen LogP) is 1.52. The average Bonchev–Trinajstić information content (AvgIpc) is 3.00. The average molecular weight is 205 g/mol. The number of anilines is 1. The van der Waals surface area contributed by atoms with Crippen LogP contribution in [0.15, 0.2) is 6.07 Å². The largest absolute Gasteiger partial charge is 0.300 e. The van der Waals surface area contributed by atoms with Crippen LogP contribution in [0.4, 0.5) is 5.82 Å². The molecule has 0 unspecified atom stereocenters. The molecular weight excluding hydrogens is 190 g/mol. The Labute approximate surface area is 88.9 Å². The number of carbonyl (C=O) groups is 1. The van der Waals surface area contributed by atoms with Gasteiger partial charge in [-0.05, 0) is 19.3 Å². The number of aryl methyl sites for hydroxylation is 1. The maximum Gasteiger partial charge on any atom is 0.227 e. The summed E-state index contributed by atoms with van der Waals surface area (Å²) in [6.07, 6.45) is 4.06. The maximum absolute atomic E-state index is 11.7. The van der Waals surface area contributed by atoms with Crippen molar-refractivity contribution in [1.82, 2.24) is 9.78 Å². The number of amides is 1. The van der Waals surface area contributed by atoms with Crippen molar-refractivity contribution in [3.8, 4) is 0 Å². The Morgan fingerprint density at radius 1 is 1.47 bits per heavy atom. The van der Waals surface area contributed by atoms with Crippen molar-refractivity contribution in [1.29, 1.82) is 0 Å². The van der Waals surface area contributed by atoms with Crippen LogP contribution in [0, 0.1) is 0 Å². The molecule has 1 aliphatic carbocycles. The molecule has 2 aliphatic rings. The summed E-state index contributed by atoms with van der Waals surface area (Å²) in [5.74, 6) is 1.84. The van der Waals surface area contributed by atoms with Crippen molar-refractivity contribution < 1.29 is 4.79 Å². The third kappa shape index (κ3) is 1.44. The first-order valence-corrected chi connectivity index (χ1v) is 5.60. The Kier molecular flexibility index (Phi) is 1.84. The van der Waals surface area contributed by atoms with Gasteiger partial charge in [0.1, 0.15) is 5.82 Å². The van der Waals surface area contributed by atoms with Crippen molar-refractivity contribution in [2.45, 2.75) is 38.1 Å². The maximum atomic E-state index is 11.7. The van der Waals surface area contributed by atoms with Crippen LogP contribution >= 0.6 is 0 Å². The fourth-order valence-electron chi connectivity index (χ4n) is 2.11. The smallest absolute Gasteiger partial charge is 0.227 e. The van der Waals surface area contributed by atoms with E-state index in [1.54, 1.807) is 4.90 Å². The molecule has 0 radical (unpaired) electrons. The number of carbonyl (C=O) groups excluding carboxylic acids is 1. The number of hydrogen-bond acceptors (Lipinski definition) is 2. The minimum atomic E-state index is 0.205. The van der Waals surface area contributed by atoms with Crippen molar-refractivity contribution >= 4 is 11.7 Å². The second-order valence-electron chi connectivity index (χ2n) is 4.48. The molecule has 1 aromatic heterocycles. The van der Waals surface area contributed by atoms with Crippen LogP contribution in [-0.4, -0.2) is 22.7 Å². The molecule has 0 N–H and O–H groups in total.